The van der Waals surface area contributed by atoms with Gasteiger partial charge in [0.05, 0.1) is 18.0 Å². The van der Waals surface area contributed by atoms with Crippen molar-refractivity contribution >= 4 is 21.7 Å². The van der Waals surface area contributed by atoms with Gasteiger partial charge in [-0.15, -0.1) is 0 Å². The number of rotatable bonds is 10. The molecule has 3 aromatic rings. The van der Waals surface area contributed by atoms with Crippen LogP contribution in [0.5, 0.6) is 5.75 Å². The maximum absolute atomic E-state index is 12.3. The molecule has 2 amide bonds. The minimum Gasteiger partial charge on any atom is -0.493 e. The van der Waals surface area contributed by atoms with Crippen LogP contribution in [0.15, 0.2) is 70.1 Å². The average Bonchev–Trinajstić information content (AvgIpc) is 3.30. The van der Waals surface area contributed by atoms with E-state index in [9.17, 15) is 18.0 Å². The van der Waals surface area contributed by atoms with E-state index in [2.05, 4.69) is 10.5 Å². The largest absolute Gasteiger partial charge is 0.493 e. The Balaban J connectivity index is 1.40. The van der Waals surface area contributed by atoms with Gasteiger partial charge in [-0.3, -0.25) is 9.59 Å². The molecule has 0 bridgehead atoms. The van der Waals surface area contributed by atoms with Crippen LogP contribution in [0.25, 0.3) is 11.3 Å². The molecule has 1 N–H and O–H groups in total. The average molecular weight is 472 g/mol. The number of likely N-dealkylation sites (N-methyl/N-ethyl adjacent to an activating group) is 1. The lowest BCUT2D eigenvalue weighted by molar-refractivity contribution is -0.128. The van der Waals surface area contributed by atoms with Crippen LogP contribution < -0.4 is 10.1 Å². The van der Waals surface area contributed by atoms with E-state index in [0.717, 1.165) is 11.8 Å². The topological polar surface area (TPSA) is 119 Å². The maximum Gasteiger partial charge on any atom is 0.273 e. The number of benzene rings is 2. The second-order valence-corrected chi connectivity index (χ2v) is 9.41. The van der Waals surface area contributed by atoms with E-state index in [4.69, 9.17) is 9.26 Å². The van der Waals surface area contributed by atoms with Crippen molar-refractivity contribution in [1.82, 2.24) is 15.4 Å². The van der Waals surface area contributed by atoms with Crippen molar-refractivity contribution < 1.29 is 27.3 Å². The molecule has 1 heterocycles. The van der Waals surface area contributed by atoms with Gasteiger partial charge in [-0.05, 0) is 24.6 Å². The molecular weight excluding hydrogens is 446 g/mol. The Hall–Kier alpha value is -3.66. The summed E-state index contributed by atoms with van der Waals surface area (Å²) in [5, 5.41) is 6.30. The molecule has 9 nitrogen and oxygen atoms in total. The van der Waals surface area contributed by atoms with Gasteiger partial charge in [-0.2, -0.15) is 0 Å². The molecule has 3 rings (SSSR count). The number of hydrogen-bond donors (Lipinski definition) is 1. The molecule has 0 aliphatic rings. The normalized spacial score (nSPS) is 11.1. The maximum atomic E-state index is 12.3. The Morgan fingerprint density at radius 1 is 1.09 bits per heavy atom. The highest BCUT2D eigenvalue weighted by atomic mass is 32.2. The van der Waals surface area contributed by atoms with E-state index in [1.54, 1.807) is 19.2 Å². The highest BCUT2D eigenvalue weighted by Crippen LogP contribution is 2.20. The lowest BCUT2D eigenvalue weighted by atomic mass is 10.1. The summed E-state index contributed by atoms with van der Waals surface area (Å²) in [4.78, 5) is 26.2. The van der Waals surface area contributed by atoms with Gasteiger partial charge in [-0.25, -0.2) is 8.42 Å². The van der Waals surface area contributed by atoms with Crippen LogP contribution in [0, 0.1) is 0 Å². The lowest BCUT2D eigenvalue weighted by Crippen LogP contribution is -2.38. The molecule has 0 radical (unpaired) electrons. The third-order valence-electron chi connectivity index (χ3n) is 4.77. The smallest absolute Gasteiger partial charge is 0.273 e. The number of nitrogens with one attached hydrogen (secondary N) is 1. The highest BCUT2D eigenvalue weighted by Gasteiger charge is 2.16. The zero-order valence-electron chi connectivity index (χ0n) is 18.4. The van der Waals surface area contributed by atoms with Crippen molar-refractivity contribution in [3.8, 4) is 17.1 Å². The molecule has 0 spiro atoms. The Labute approximate surface area is 192 Å². The summed E-state index contributed by atoms with van der Waals surface area (Å²) in [6.07, 6.45) is 1.67. The van der Waals surface area contributed by atoms with Gasteiger partial charge >= 0.3 is 0 Å². The van der Waals surface area contributed by atoms with Crippen molar-refractivity contribution in [2.24, 2.45) is 0 Å². The van der Waals surface area contributed by atoms with Crippen LogP contribution in [-0.2, 0) is 14.6 Å². The summed E-state index contributed by atoms with van der Waals surface area (Å²) in [7, 11) is -1.68. The second kappa shape index (κ2) is 10.8. The van der Waals surface area contributed by atoms with Crippen LogP contribution in [0.2, 0.25) is 0 Å². The zero-order valence-corrected chi connectivity index (χ0v) is 19.2. The number of hydrogen-bond acceptors (Lipinski definition) is 7. The summed E-state index contributed by atoms with van der Waals surface area (Å²) in [5.41, 5.74) is 0.888. The molecule has 0 fully saturated rings. The molecule has 10 heteroatoms. The third-order valence-corrected chi connectivity index (χ3v) is 5.88. The van der Waals surface area contributed by atoms with E-state index >= 15 is 0 Å². The predicted molar refractivity (Wildman–Crippen MR) is 122 cm³/mol. The van der Waals surface area contributed by atoms with E-state index in [1.165, 1.54) is 23.1 Å². The van der Waals surface area contributed by atoms with Gasteiger partial charge < -0.3 is 19.5 Å². The summed E-state index contributed by atoms with van der Waals surface area (Å²) in [5.74, 6) is 0.138. The van der Waals surface area contributed by atoms with Crippen LogP contribution in [-0.4, -0.2) is 63.3 Å². The fourth-order valence-electron chi connectivity index (χ4n) is 2.91. The number of nitrogens with zero attached hydrogens (tertiary/aromatic N) is 2. The Morgan fingerprint density at radius 3 is 2.58 bits per heavy atom. The molecule has 174 valence electrons. The SMILES string of the molecule is CN(CCCOc1cccc(S(C)(=O)=O)c1)C(=O)CNC(=O)c1cc(-c2ccccc2)on1. The van der Waals surface area contributed by atoms with Crippen molar-refractivity contribution in [3.63, 3.8) is 0 Å². The van der Waals surface area contributed by atoms with E-state index in [1.807, 2.05) is 30.3 Å². The number of amides is 2. The summed E-state index contributed by atoms with van der Waals surface area (Å²) >= 11 is 0. The first kappa shape index (κ1) is 24.0. The van der Waals surface area contributed by atoms with Gasteiger partial charge in [0.1, 0.15) is 5.75 Å². The molecular formula is C23H25N3O6S. The Morgan fingerprint density at radius 2 is 1.85 bits per heavy atom. The van der Waals surface area contributed by atoms with Gasteiger partial charge in [-0.1, -0.05) is 41.6 Å². The fourth-order valence-corrected chi connectivity index (χ4v) is 3.57. The lowest BCUT2D eigenvalue weighted by Gasteiger charge is -2.17. The van der Waals surface area contributed by atoms with Crippen molar-refractivity contribution in [2.45, 2.75) is 11.3 Å². The number of carbonyl (C=O) groups excluding carboxylic acids is 2. The zero-order chi connectivity index (χ0) is 23.8. The van der Waals surface area contributed by atoms with E-state index < -0.39 is 15.7 Å². The van der Waals surface area contributed by atoms with Crippen LogP contribution >= 0.6 is 0 Å². The molecule has 0 atom stereocenters. The molecule has 0 aliphatic heterocycles. The van der Waals surface area contributed by atoms with Crippen molar-refractivity contribution in [1.29, 1.82) is 0 Å². The first-order valence-corrected chi connectivity index (χ1v) is 12.1. The summed E-state index contributed by atoms with van der Waals surface area (Å²) in [6, 6.07) is 17.0. The molecule has 0 saturated heterocycles. The fraction of sp³-hybridized carbons (Fsp3) is 0.261. The summed E-state index contributed by atoms with van der Waals surface area (Å²) in [6.45, 7) is 0.529. The second-order valence-electron chi connectivity index (χ2n) is 7.39. The predicted octanol–water partition coefficient (Wildman–Crippen LogP) is 2.40. The standard InChI is InChI=1S/C23H25N3O6S/c1-26(12-7-13-31-18-10-6-11-19(14-18)33(2,29)30)22(27)16-24-23(28)20-15-21(32-25-20)17-8-4-3-5-9-17/h3-6,8-11,14-15H,7,12-13,16H2,1-2H3,(H,24,28). The number of aromatic nitrogens is 1. The molecule has 2 aromatic carbocycles. The van der Waals surface area contributed by atoms with Crippen molar-refractivity contribution in [2.75, 3.05) is 33.0 Å². The van der Waals surface area contributed by atoms with Gasteiger partial charge in [0.15, 0.2) is 21.3 Å². The molecule has 1 aromatic heterocycles. The molecule has 33 heavy (non-hydrogen) atoms. The Bertz CT molecular complexity index is 1210. The van der Waals surface area contributed by atoms with Gasteiger partial charge in [0, 0.05) is 31.5 Å². The first-order chi connectivity index (χ1) is 15.7. The van der Waals surface area contributed by atoms with Gasteiger partial charge in [0.25, 0.3) is 5.91 Å². The first-order valence-electron chi connectivity index (χ1n) is 10.2. The number of sulfone groups is 1. The van der Waals surface area contributed by atoms with E-state index in [0.29, 0.717) is 31.1 Å². The van der Waals surface area contributed by atoms with E-state index in [-0.39, 0.29) is 23.0 Å². The Kier molecular flexibility index (Phi) is 7.83. The number of ether oxygens (including phenoxy) is 1. The molecule has 0 unspecified atom stereocenters. The summed E-state index contributed by atoms with van der Waals surface area (Å²) < 4.78 is 34.0. The van der Waals surface area contributed by atoms with Gasteiger partial charge in [0.2, 0.25) is 5.91 Å². The van der Waals surface area contributed by atoms with Crippen LogP contribution in [0.4, 0.5) is 0 Å². The monoisotopic (exact) mass is 471 g/mol. The highest BCUT2D eigenvalue weighted by molar-refractivity contribution is 7.90. The van der Waals surface area contributed by atoms with Crippen LogP contribution in [0.3, 0.4) is 0 Å². The molecule has 0 aliphatic carbocycles. The quantitative estimate of drug-likeness (QED) is 0.451. The van der Waals surface area contributed by atoms with Crippen molar-refractivity contribution in [3.05, 3.63) is 66.4 Å². The van der Waals surface area contributed by atoms with Crippen LogP contribution in [0.1, 0.15) is 16.9 Å². The molecule has 0 saturated carbocycles. The minimum absolute atomic E-state index is 0.0917. The minimum atomic E-state index is -3.30. The number of carbonyl (C=O) groups is 2. The third kappa shape index (κ3) is 6.91.